The molecule has 0 nitrogen and oxygen atoms in total. The minimum absolute atomic E-state index is 0.0306. The largest absolute Gasteiger partial charge is 0.207 e. The molecule has 19 heavy (non-hydrogen) atoms. The van der Waals surface area contributed by atoms with Crippen LogP contribution in [0.2, 0.25) is 0 Å². The summed E-state index contributed by atoms with van der Waals surface area (Å²) in [5.41, 5.74) is 1.37. The molecular weight excluding hydrogens is 317 g/mol. The topological polar surface area (TPSA) is 0 Å². The lowest BCUT2D eigenvalue weighted by Crippen LogP contribution is -2.05. The molecule has 0 aromatic heterocycles. The van der Waals surface area contributed by atoms with Crippen LogP contribution in [0.25, 0.3) is 0 Å². The Morgan fingerprint density at radius 3 is 2.16 bits per heavy atom. The maximum Gasteiger partial charge on any atom is 0.126 e. The van der Waals surface area contributed by atoms with E-state index in [9.17, 15) is 13.2 Å². The monoisotopic (exact) mass is 328 g/mol. The molecule has 0 fully saturated rings. The highest BCUT2D eigenvalue weighted by Gasteiger charge is 2.13. The second-order valence-electron chi connectivity index (χ2n) is 4.39. The molecule has 0 aliphatic rings. The average molecular weight is 329 g/mol. The smallest absolute Gasteiger partial charge is 0.126 e. The van der Waals surface area contributed by atoms with Crippen molar-refractivity contribution in [1.82, 2.24) is 0 Å². The minimum atomic E-state index is -0.595. The van der Waals surface area contributed by atoms with Gasteiger partial charge in [-0.2, -0.15) is 0 Å². The zero-order valence-electron chi connectivity index (χ0n) is 10.0. The molecule has 2 rings (SSSR count). The normalized spacial score (nSPS) is 12.4. The molecule has 4 heteroatoms. The molecule has 0 aliphatic heterocycles. The Morgan fingerprint density at radius 2 is 1.58 bits per heavy atom. The number of alkyl halides is 1. The van der Waals surface area contributed by atoms with Gasteiger partial charge in [0, 0.05) is 11.4 Å². The SMILES string of the molecule is Fc1cc(F)cc(CC(CBr)c2cccc(F)c2)c1. The second kappa shape index (κ2) is 6.24. The molecule has 0 aliphatic carbocycles. The quantitative estimate of drug-likeness (QED) is 0.705. The van der Waals surface area contributed by atoms with E-state index in [1.165, 1.54) is 24.3 Å². The molecule has 0 heterocycles. The molecule has 0 N–H and O–H groups in total. The van der Waals surface area contributed by atoms with Crippen LogP contribution in [-0.2, 0) is 6.42 Å². The Kier molecular flexibility index (Phi) is 4.64. The molecular formula is C15H12BrF3. The van der Waals surface area contributed by atoms with Gasteiger partial charge in [-0.25, -0.2) is 13.2 Å². The molecule has 2 aromatic carbocycles. The molecule has 0 saturated carbocycles. The summed E-state index contributed by atoms with van der Waals surface area (Å²) >= 11 is 3.36. The van der Waals surface area contributed by atoms with Crippen molar-refractivity contribution in [2.75, 3.05) is 5.33 Å². The van der Waals surface area contributed by atoms with Crippen molar-refractivity contribution < 1.29 is 13.2 Å². The van der Waals surface area contributed by atoms with Gasteiger partial charge < -0.3 is 0 Å². The van der Waals surface area contributed by atoms with Crippen LogP contribution in [0.15, 0.2) is 42.5 Å². The maximum absolute atomic E-state index is 13.2. The molecule has 0 bridgehead atoms. The van der Waals surface area contributed by atoms with E-state index in [2.05, 4.69) is 15.9 Å². The number of halogens is 4. The third-order valence-electron chi connectivity index (χ3n) is 2.91. The summed E-state index contributed by atoms with van der Waals surface area (Å²) in [5.74, 6) is -1.53. The van der Waals surface area contributed by atoms with E-state index in [0.29, 0.717) is 17.3 Å². The van der Waals surface area contributed by atoms with Crippen LogP contribution in [0.3, 0.4) is 0 Å². The molecule has 1 unspecified atom stereocenters. The lowest BCUT2D eigenvalue weighted by molar-refractivity contribution is 0.577. The van der Waals surface area contributed by atoms with Crippen molar-refractivity contribution in [3.8, 4) is 0 Å². The Bertz CT molecular complexity index is 549. The zero-order chi connectivity index (χ0) is 13.8. The Balaban J connectivity index is 2.23. The predicted octanol–water partition coefficient (Wildman–Crippen LogP) is 4.83. The van der Waals surface area contributed by atoms with Gasteiger partial charge in [-0.1, -0.05) is 28.1 Å². The van der Waals surface area contributed by atoms with E-state index in [-0.39, 0.29) is 11.7 Å². The van der Waals surface area contributed by atoms with E-state index < -0.39 is 11.6 Å². The fraction of sp³-hybridized carbons (Fsp3) is 0.200. The molecule has 0 radical (unpaired) electrons. The zero-order valence-corrected chi connectivity index (χ0v) is 11.6. The van der Waals surface area contributed by atoms with Crippen molar-refractivity contribution in [2.45, 2.75) is 12.3 Å². The molecule has 0 amide bonds. The number of hydrogen-bond acceptors (Lipinski definition) is 0. The summed E-state index contributed by atoms with van der Waals surface area (Å²) in [6, 6.07) is 9.71. The van der Waals surface area contributed by atoms with Crippen molar-refractivity contribution in [2.24, 2.45) is 0 Å². The summed E-state index contributed by atoms with van der Waals surface area (Å²) in [6.07, 6.45) is 0.448. The molecule has 100 valence electrons. The van der Waals surface area contributed by atoms with Gasteiger partial charge in [-0.3, -0.25) is 0 Å². The van der Waals surface area contributed by atoms with Crippen molar-refractivity contribution >= 4 is 15.9 Å². The Morgan fingerprint density at radius 1 is 0.895 bits per heavy atom. The summed E-state index contributed by atoms with van der Waals surface area (Å²) in [4.78, 5) is 0. The highest BCUT2D eigenvalue weighted by molar-refractivity contribution is 9.09. The lowest BCUT2D eigenvalue weighted by atomic mass is 9.93. The standard InChI is InChI=1S/C15H12BrF3/c16-9-12(11-2-1-3-13(17)7-11)4-10-5-14(18)8-15(19)6-10/h1-3,5-8,12H,4,9H2. The van der Waals surface area contributed by atoms with Crippen LogP contribution in [0.4, 0.5) is 13.2 Å². The maximum atomic E-state index is 13.2. The van der Waals surface area contributed by atoms with Gasteiger partial charge in [-0.05, 0) is 47.7 Å². The second-order valence-corrected chi connectivity index (χ2v) is 5.04. The first-order chi connectivity index (χ1) is 9.08. The highest BCUT2D eigenvalue weighted by Crippen LogP contribution is 2.24. The van der Waals surface area contributed by atoms with Gasteiger partial charge in [0.2, 0.25) is 0 Å². The van der Waals surface area contributed by atoms with Gasteiger partial charge in [0.1, 0.15) is 17.5 Å². The average Bonchev–Trinajstić information content (AvgIpc) is 2.34. The number of hydrogen-bond donors (Lipinski definition) is 0. The highest BCUT2D eigenvalue weighted by atomic mass is 79.9. The number of rotatable bonds is 4. The molecule has 0 spiro atoms. The Labute approximate surface area is 118 Å². The minimum Gasteiger partial charge on any atom is -0.207 e. The first kappa shape index (κ1) is 14.1. The fourth-order valence-corrected chi connectivity index (χ4v) is 2.64. The number of benzene rings is 2. The van der Waals surface area contributed by atoms with Crippen LogP contribution in [0, 0.1) is 17.5 Å². The third-order valence-corrected chi connectivity index (χ3v) is 3.69. The predicted molar refractivity (Wildman–Crippen MR) is 73.0 cm³/mol. The first-order valence-electron chi connectivity index (χ1n) is 5.85. The van der Waals surface area contributed by atoms with Gasteiger partial charge in [0.25, 0.3) is 0 Å². The summed E-state index contributed by atoms with van der Waals surface area (Å²) in [7, 11) is 0. The van der Waals surface area contributed by atoms with E-state index in [4.69, 9.17) is 0 Å². The summed E-state index contributed by atoms with van der Waals surface area (Å²) in [5, 5.41) is 0.592. The van der Waals surface area contributed by atoms with Gasteiger partial charge >= 0.3 is 0 Å². The van der Waals surface area contributed by atoms with Crippen molar-refractivity contribution in [3.63, 3.8) is 0 Å². The lowest BCUT2D eigenvalue weighted by Gasteiger charge is -2.15. The Hall–Kier alpha value is -1.29. The molecule has 1 atom stereocenters. The first-order valence-corrected chi connectivity index (χ1v) is 6.97. The van der Waals surface area contributed by atoms with E-state index in [0.717, 1.165) is 11.6 Å². The fourth-order valence-electron chi connectivity index (χ4n) is 2.04. The van der Waals surface area contributed by atoms with Crippen LogP contribution < -0.4 is 0 Å². The molecule has 2 aromatic rings. The van der Waals surface area contributed by atoms with E-state index in [1.54, 1.807) is 6.07 Å². The van der Waals surface area contributed by atoms with Gasteiger partial charge in [-0.15, -0.1) is 0 Å². The van der Waals surface area contributed by atoms with Crippen LogP contribution >= 0.6 is 15.9 Å². The van der Waals surface area contributed by atoms with E-state index >= 15 is 0 Å². The van der Waals surface area contributed by atoms with E-state index in [1.807, 2.05) is 6.07 Å². The van der Waals surface area contributed by atoms with Gasteiger partial charge in [0.15, 0.2) is 0 Å². The third kappa shape index (κ3) is 3.83. The van der Waals surface area contributed by atoms with Crippen molar-refractivity contribution in [3.05, 3.63) is 71.0 Å². The van der Waals surface area contributed by atoms with Crippen LogP contribution in [-0.4, -0.2) is 5.33 Å². The van der Waals surface area contributed by atoms with Crippen LogP contribution in [0.1, 0.15) is 17.0 Å². The summed E-state index contributed by atoms with van der Waals surface area (Å²) < 4.78 is 39.5. The summed E-state index contributed by atoms with van der Waals surface area (Å²) in [6.45, 7) is 0. The van der Waals surface area contributed by atoms with Crippen molar-refractivity contribution in [1.29, 1.82) is 0 Å². The molecule has 0 saturated heterocycles. The van der Waals surface area contributed by atoms with Crippen LogP contribution in [0.5, 0.6) is 0 Å². The van der Waals surface area contributed by atoms with Gasteiger partial charge in [0.05, 0.1) is 0 Å².